The van der Waals surface area contributed by atoms with Gasteiger partial charge in [0.05, 0.1) is 24.7 Å². The van der Waals surface area contributed by atoms with Crippen LogP contribution in [0.25, 0.3) is 0 Å². The van der Waals surface area contributed by atoms with Crippen LogP contribution in [0.4, 0.5) is 0 Å². The van der Waals surface area contributed by atoms with Gasteiger partial charge in [-0.2, -0.15) is 0 Å². The number of hydrogen-bond donors (Lipinski definition) is 7. The summed E-state index contributed by atoms with van der Waals surface area (Å²) in [6, 6.07) is 4.48. The zero-order chi connectivity index (χ0) is 43.8. The van der Waals surface area contributed by atoms with E-state index in [-0.39, 0.29) is 63.7 Å². The molecule has 7 N–H and O–H groups in total. The minimum absolute atomic E-state index is 0. The molecule has 20 heteroatoms. The Bertz CT molecular complexity index is 1210. The summed E-state index contributed by atoms with van der Waals surface area (Å²) in [4.78, 5) is 18.0. The maximum absolute atomic E-state index is 10.8. The Hall–Kier alpha value is -0.531. The molecule has 15 nitrogen and oxygen atoms in total. The molecule has 0 saturated heterocycles. The van der Waals surface area contributed by atoms with Crippen molar-refractivity contribution >= 4 is 50.6 Å². The fraction of sp³-hybridized carbons (Fsp3) is 0.949. The molecule has 6 atom stereocenters. The second kappa shape index (κ2) is 44.1. The molecule has 0 spiro atoms. The van der Waals surface area contributed by atoms with Gasteiger partial charge in [-0.15, -0.1) is 0 Å². The Labute approximate surface area is 378 Å². The van der Waals surface area contributed by atoms with Gasteiger partial charge in [-0.25, -0.2) is 34.7 Å². The first kappa shape index (κ1) is 75.8. The van der Waals surface area contributed by atoms with Crippen LogP contribution in [0.5, 0.6) is 0 Å². The van der Waals surface area contributed by atoms with Gasteiger partial charge in [0.25, 0.3) is 11.9 Å². The van der Waals surface area contributed by atoms with Gasteiger partial charge >= 0.3 is 0 Å². The van der Waals surface area contributed by atoms with E-state index in [9.17, 15) is 35.5 Å². The fourth-order valence-electron chi connectivity index (χ4n) is 6.03. The summed E-state index contributed by atoms with van der Waals surface area (Å²) in [5.41, 5.74) is 0. The number of sulfonamides is 2. The maximum atomic E-state index is 10.8. The minimum Gasteiger partial charge on any atom is -0.481 e. The zero-order valence-electron chi connectivity index (χ0n) is 35.8. The molecule has 0 aliphatic heterocycles. The summed E-state index contributed by atoms with van der Waals surface area (Å²) in [5.74, 6) is 0.418. The molecule has 3 aliphatic carbocycles. The molecule has 0 aromatic heterocycles. The van der Waals surface area contributed by atoms with Crippen molar-refractivity contribution in [2.45, 2.75) is 171 Å². The van der Waals surface area contributed by atoms with E-state index < -0.39 is 41.8 Å². The summed E-state index contributed by atoms with van der Waals surface area (Å²) in [6.07, 6.45) is 16.5. The first-order chi connectivity index (χ1) is 25.1. The number of carboxylic acid groups (broad SMARTS) is 2. The van der Waals surface area contributed by atoms with Crippen LogP contribution in [0.1, 0.15) is 141 Å². The Morgan fingerprint density at radius 2 is 0.864 bits per heavy atom. The van der Waals surface area contributed by atoms with Crippen LogP contribution in [0.2, 0.25) is 18.1 Å². The predicted molar refractivity (Wildman–Crippen MR) is 246 cm³/mol. The third-order valence-corrected chi connectivity index (χ3v) is 13.7. The van der Waals surface area contributed by atoms with Crippen molar-refractivity contribution in [3.05, 3.63) is 0 Å². The maximum Gasteiger partial charge on any atom is 0.300 e. The van der Waals surface area contributed by atoms with E-state index >= 15 is 0 Å². The Balaban J connectivity index is -0.0000000887. The van der Waals surface area contributed by atoms with Gasteiger partial charge in [0.2, 0.25) is 20.0 Å². The van der Waals surface area contributed by atoms with Crippen molar-refractivity contribution < 1.29 is 80.8 Å². The zero-order valence-corrected chi connectivity index (χ0v) is 41.0. The van der Waals surface area contributed by atoms with Crippen LogP contribution < -0.4 is 9.44 Å². The molecule has 0 amide bonds. The minimum atomic E-state index is -3.07. The molecule has 0 heterocycles. The summed E-state index contributed by atoms with van der Waals surface area (Å²) in [5, 5.41) is 42.3. The molecule has 0 aromatic carbocycles. The molecule has 3 aliphatic rings. The molecule has 0 radical (unpaired) electrons. The third-order valence-electron chi connectivity index (χ3n) is 8.81. The summed E-state index contributed by atoms with van der Waals surface area (Å²) >= 11 is 0. The monoisotopic (exact) mass is 1030 g/mol. The van der Waals surface area contributed by atoms with E-state index in [1.165, 1.54) is 43.8 Å². The summed E-state index contributed by atoms with van der Waals surface area (Å²) in [6.45, 7) is 12.8. The Kier molecular flexibility index (Phi) is 56.7. The van der Waals surface area contributed by atoms with Gasteiger partial charge in [-0.3, -0.25) is 9.59 Å². The van der Waals surface area contributed by atoms with Gasteiger partial charge in [-0.05, 0) is 75.0 Å². The van der Waals surface area contributed by atoms with Crippen molar-refractivity contribution in [1.82, 2.24) is 9.44 Å². The number of carboxylic acids is 2. The largest absolute Gasteiger partial charge is 0.481 e. The quantitative estimate of drug-likeness (QED) is 0.124. The fourth-order valence-corrected chi connectivity index (χ4v) is 8.84. The van der Waals surface area contributed by atoms with Crippen molar-refractivity contribution in [1.29, 1.82) is 0 Å². The van der Waals surface area contributed by atoms with E-state index in [0.717, 1.165) is 96.2 Å². The molecule has 6 unspecified atom stereocenters. The molecule has 0 bridgehead atoms. The first-order valence-corrected chi connectivity index (χ1v) is 28.0. The number of nitrogens with one attached hydrogen (secondary N) is 2. The first-order valence-electron chi connectivity index (χ1n) is 19.5. The molecular weight excluding hydrogens is 935 g/mol. The van der Waals surface area contributed by atoms with Crippen LogP contribution in [-0.4, -0.2) is 128 Å². The molecule has 59 heavy (non-hydrogen) atoms. The van der Waals surface area contributed by atoms with Crippen LogP contribution >= 0.6 is 0 Å². The van der Waals surface area contributed by atoms with Crippen molar-refractivity contribution in [3.8, 4) is 0 Å². The number of aliphatic carboxylic acids is 2. The van der Waals surface area contributed by atoms with Gasteiger partial charge in [-0.1, -0.05) is 93.8 Å². The van der Waals surface area contributed by atoms with Gasteiger partial charge in [0.1, 0.15) is 9.84 Å². The molecule has 368 valence electrons. The average molecular weight is 1030 g/mol. The average Bonchev–Trinajstić information content (AvgIpc) is 3.03. The van der Waals surface area contributed by atoms with Gasteiger partial charge in [0, 0.05) is 75.3 Å². The number of aliphatic hydroxyl groups excluding tert-OH is 3. The van der Waals surface area contributed by atoms with Crippen LogP contribution in [0.15, 0.2) is 0 Å². The predicted octanol–water partition coefficient (Wildman–Crippen LogP) is 6.00. The van der Waals surface area contributed by atoms with E-state index in [1.54, 1.807) is 0 Å². The van der Waals surface area contributed by atoms with E-state index in [4.69, 9.17) is 24.9 Å². The van der Waals surface area contributed by atoms with Crippen molar-refractivity contribution in [2.75, 3.05) is 44.7 Å². The molecule has 3 fully saturated rings. The van der Waals surface area contributed by atoms with Gasteiger partial charge < -0.3 is 25.5 Å². The Morgan fingerprint density at radius 1 is 0.593 bits per heavy atom. The number of sulfone groups is 1. The van der Waals surface area contributed by atoms with E-state index in [0.29, 0.717) is 37.5 Å². The molecule has 3 rings (SSSR count). The SMILES string of the molecule is C.C.C.CC(=O)O.CC(=O)O.CC1CCCC(CO)C1.CC[SiH](CC)CC.CS(=O)(=O)NCC1CCCC(O)C1.CS(=O)(=O)NCC1CCCC(O)C1.CS(C)(=O)=O.[Pd]. The second-order valence-corrected chi connectivity index (χ2v) is 25.3. The second-order valence-electron chi connectivity index (χ2n) is 15.2. The van der Waals surface area contributed by atoms with E-state index in [2.05, 4.69) is 37.1 Å². The smallest absolute Gasteiger partial charge is 0.300 e. The standard InChI is InChI=1S/2C8H17NO3S.C8H16O.C6H16Si.C2H6O2S.2C2H4O2.3CH4.Pd/c2*1-13(11,12)9-6-7-3-2-4-8(10)5-7;1-7-3-2-4-8(5-7)6-9;1-4-7(5-2)6-3;1-5(2,3)4;2*1-2(3)4;;;;/h2*7-10H,2-6H2,1H3;7-9H,2-6H2,1H3;7H,4-6H2,1-3H3;1-2H3;2*1H3,(H,3,4);3*1H4;. The summed E-state index contributed by atoms with van der Waals surface area (Å²) in [7, 11) is -8.98. The third kappa shape index (κ3) is 72.3. The van der Waals surface area contributed by atoms with Crippen molar-refractivity contribution in [2.24, 2.45) is 23.7 Å². The van der Waals surface area contributed by atoms with E-state index in [1.807, 2.05) is 0 Å². The number of rotatable bonds is 10. The normalized spacial score (nSPS) is 22.0. The Morgan fingerprint density at radius 3 is 1.05 bits per heavy atom. The van der Waals surface area contributed by atoms with Crippen LogP contribution in [0.3, 0.4) is 0 Å². The number of carbonyl (C=O) groups is 2. The molecular formula is C39H92N2O13PdS3Si. The molecule has 0 aromatic rings. The number of aliphatic hydroxyl groups is 3. The van der Waals surface area contributed by atoms with Crippen LogP contribution in [0, 0.1) is 23.7 Å². The number of hydrogen-bond acceptors (Lipinski definition) is 11. The van der Waals surface area contributed by atoms with Crippen molar-refractivity contribution in [3.63, 3.8) is 0 Å². The molecule has 3 saturated carbocycles. The van der Waals surface area contributed by atoms with Gasteiger partial charge in [0.15, 0.2) is 0 Å². The van der Waals surface area contributed by atoms with Crippen LogP contribution in [-0.2, 0) is 59.9 Å². The summed E-state index contributed by atoms with van der Waals surface area (Å²) < 4.78 is 67.3. The topological polar surface area (TPSA) is 262 Å².